The summed E-state index contributed by atoms with van der Waals surface area (Å²) in [6, 6.07) is 2.03. The number of aromatic nitrogens is 4. The fourth-order valence-corrected chi connectivity index (χ4v) is 2.11. The Hall–Kier alpha value is -2.11. The van der Waals surface area contributed by atoms with E-state index in [4.69, 9.17) is 0 Å². The van der Waals surface area contributed by atoms with Crippen LogP contribution in [0.25, 0.3) is 0 Å². The molecule has 0 aliphatic rings. The second-order valence-corrected chi connectivity index (χ2v) is 5.47. The summed E-state index contributed by atoms with van der Waals surface area (Å²) in [7, 11) is 3.82. The minimum Gasteiger partial charge on any atom is -0.373 e. The summed E-state index contributed by atoms with van der Waals surface area (Å²) in [5, 5.41) is 10.9. The van der Waals surface area contributed by atoms with Gasteiger partial charge in [-0.15, -0.1) is 0 Å². The Morgan fingerprint density at radius 2 is 1.95 bits per heavy atom. The largest absolute Gasteiger partial charge is 0.373 e. The number of hydrogen-bond donors (Lipinski definition) is 2. The third kappa shape index (κ3) is 3.71. The van der Waals surface area contributed by atoms with Crippen molar-refractivity contribution in [2.45, 2.75) is 33.1 Å². The first-order valence-corrected chi connectivity index (χ1v) is 7.30. The van der Waals surface area contributed by atoms with E-state index in [1.54, 1.807) is 0 Å². The summed E-state index contributed by atoms with van der Waals surface area (Å²) in [5.41, 5.74) is 2.12. The van der Waals surface area contributed by atoms with Crippen LogP contribution in [0.3, 0.4) is 0 Å². The van der Waals surface area contributed by atoms with Gasteiger partial charge in [0.15, 0.2) is 0 Å². The van der Waals surface area contributed by atoms with Crippen molar-refractivity contribution in [2.24, 2.45) is 7.05 Å². The molecule has 114 valence electrons. The summed E-state index contributed by atoms with van der Waals surface area (Å²) in [4.78, 5) is 9.17. The molecule has 0 fully saturated rings. The van der Waals surface area contributed by atoms with E-state index in [2.05, 4.69) is 39.5 Å². The minimum absolute atomic E-state index is 0.300. The molecule has 0 aromatic carbocycles. The standard InChI is InChI=1S/C15H24N6/c1-10(2)13-18-14(16-4)11(3)15(19-13)17-8-6-12-7-9-21(5)20-12/h7,9-10H,6,8H2,1-5H3,(H2,16,17,18,19). The van der Waals surface area contributed by atoms with Crippen molar-refractivity contribution in [1.29, 1.82) is 0 Å². The molecule has 2 N–H and O–H groups in total. The van der Waals surface area contributed by atoms with Crippen LogP contribution in [0.15, 0.2) is 12.3 Å². The maximum atomic E-state index is 4.63. The van der Waals surface area contributed by atoms with Crippen molar-refractivity contribution >= 4 is 11.6 Å². The second kappa shape index (κ2) is 6.56. The predicted molar refractivity (Wildman–Crippen MR) is 85.8 cm³/mol. The van der Waals surface area contributed by atoms with Crippen LogP contribution in [-0.4, -0.2) is 33.3 Å². The van der Waals surface area contributed by atoms with Gasteiger partial charge in [0, 0.05) is 44.7 Å². The molecule has 0 bridgehead atoms. The van der Waals surface area contributed by atoms with Crippen LogP contribution in [0.4, 0.5) is 11.6 Å². The Morgan fingerprint density at radius 3 is 2.52 bits per heavy atom. The zero-order chi connectivity index (χ0) is 15.4. The molecule has 21 heavy (non-hydrogen) atoms. The topological polar surface area (TPSA) is 67.7 Å². The average Bonchev–Trinajstić information content (AvgIpc) is 2.86. The smallest absolute Gasteiger partial charge is 0.135 e. The molecule has 2 aromatic rings. The van der Waals surface area contributed by atoms with Crippen LogP contribution in [0.2, 0.25) is 0 Å². The van der Waals surface area contributed by atoms with E-state index >= 15 is 0 Å². The van der Waals surface area contributed by atoms with Crippen LogP contribution in [-0.2, 0) is 13.5 Å². The lowest BCUT2D eigenvalue weighted by molar-refractivity contribution is 0.740. The third-order valence-electron chi connectivity index (χ3n) is 3.36. The summed E-state index contributed by atoms with van der Waals surface area (Å²) >= 11 is 0. The van der Waals surface area contributed by atoms with E-state index < -0.39 is 0 Å². The lowest BCUT2D eigenvalue weighted by atomic mass is 10.2. The number of aryl methyl sites for hydroxylation is 1. The van der Waals surface area contributed by atoms with Gasteiger partial charge in [0.1, 0.15) is 17.5 Å². The first kappa shape index (κ1) is 15.3. The Kier molecular flexibility index (Phi) is 4.77. The quantitative estimate of drug-likeness (QED) is 0.854. The molecule has 0 saturated heterocycles. The number of anilines is 2. The van der Waals surface area contributed by atoms with Gasteiger partial charge in [-0.1, -0.05) is 13.8 Å². The van der Waals surface area contributed by atoms with E-state index in [-0.39, 0.29) is 0 Å². The van der Waals surface area contributed by atoms with Crippen molar-refractivity contribution in [3.63, 3.8) is 0 Å². The average molecular weight is 288 g/mol. The molecular weight excluding hydrogens is 264 g/mol. The third-order valence-corrected chi connectivity index (χ3v) is 3.36. The lowest BCUT2D eigenvalue weighted by Gasteiger charge is -2.14. The Bertz CT molecular complexity index is 602. The van der Waals surface area contributed by atoms with Gasteiger partial charge in [-0.25, -0.2) is 9.97 Å². The first-order chi connectivity index (χ1) is 10.0. The van der Waals surface area contributed by atoms with E-state index in [1.807, 2.05) is 38.0 Å². The highest BCUT2D eigenvalue weighted by molar-refractivity contribution is 5.57. The highest BCUT2D eigenvalue weighted by Crippen LogP contribution is 2.22. The number of hydrogen-bond acceptors (Lipinski definition) is 5. The zero-order valence-electron chi connectivity index (χ0n) is 13.4. The Labute approximate surface area is 126 Å². The molecule has 0 spiro atoms. The molecule has 0 unspecified atom stereocenters. The Balaban J connectivity index is 2.09. The molecule has 2 rings (SSSR count). The highest BCUT2D eigenvalue weighted by atomic mass is 15.2. The lowest BCUT2D eigenvalue weighted by Crippen LogP contribution is -2.13. The molecule has 0 aliphatic heterocycles. The van der Waals surface area contributed by atoms with Crippen LogP contribution in [0, 0.1) is 6.92 Å². The predicted octanol–water partition coefficient (Wildman–Crippen LogP) is 2.34. The van der Waals surface area contributed by atoms with Gasteiger partial charge in [0.25, 0.3) is 0 Å². The van der Waals surface area contributed by atoms with Crippen LogP contribution in [0.1, 0.15) is 36.8 Å². The zero-order valence-corrected chi connectivity index (χ0v) is 13.4. The minimum atomic E-state index is 0.300. The maximum Gasteiger partial charge on any atom is 0.135 e. The Morgan fingerprint density at radius 1 is 1.24 bits per heavy atom. The summed E-state index contributed by atoms with van der Waals surface area (Å²) in [5.74, 6) is 2.93. The molecule has 0 saturated carbocycles. The van der Waals surface area contributed by atoms with Crippen LogP contribution in [0.5, 0.6) is 0 Å². The van der Waals surface area contributed by atoms with Gasteiger partial charge in [-0.05, 0) is 13.0 Å². The number of nitrogens with zero attached hydrogens (tertiary/aromatic N) is 4. The van der Waals surface area contributed by atoms with Crippen molar-refractivity contribution in [3.05, 3.63) is 29.3 Å². The maximum absolute atomic E-state index is 4.63. The van der Waals surface area contributed by atoms with Gasteiger partial charge in [0.2, 0.25) is 0 Å². The fourth-order valence-electron chi connectivity index (χ4n) is 2.11. The van der Waals surface area contributed by atoms with Crippen LogP contribution >= 0.6 is 0 Å². The molecule has 2 heterocycles. The van der Waals surface area contributed by atoms with Gasteiger partial charge in [0.05, 0.1) is 5.69 Å². The number of rotatable bonds is 6. The van der Waals surface area contributed by atoms with Crippen LogP contribution < -0.4 is 10.6 Å². The second-order valence-electron chi connectivity index (χ2n) is 5.47. The molecular formula is C15H24N6. The van der Waals surface area contributed by atoms with E-state index in [0.29, 0.717) is 5.92 Å². The highest BCUT2D eigenvalue weighted by Gasteiger charge is 2.12. The van der Waals surface area contributed by atoms with Crippen molar-refractivity contribution in [2.75, 3.05) is 24.2 Å². The summed E-state index contributed by atoms with van der Waals surface area (Å²) in [6.07, 6.45) is 2.83. The van der Waals surface area contributed by atoms with Crippen molar-refractivity contribution < 1.29 is 0 Å². The normalized spacial score (nSPS) is 11.0. The van der Waals surface area contributed by atoms with Gasteiger partial charge >= 0.3 is 0 Å². The molecule has 2 aromatic heterocycles. The first-order valence-electron chi connectivity index (χ1n) is 7.30. The van der Waals surface area contributed by atoms with Crippen molar-refractivity contribution in [3.8, 4) is 0 Å². The molecule has 0 radical (unpaired) electrons. The molecule has 0 aliphatic carbocycles. The molecule has 6 heteroatoms. The van der Waals surface area contributed by atoms with E-state index in [0.717, 1.165) is 41.7 Å². The molecule has 0 amide bonds. The SMILES string of the molecule is CNc1nc(C(C)C)nc(NCCc2ccn(C)n2)c1C. The van der Waals surface area contributed by atoms with E-state index in [9.17, 15) is 0 Å². The monoisotopic (exact) mass is 288 g/mol. The fraction of sp³-hybridized carbons (Fsp3) is 0.533. The molecule has 6 nitrogen and oxygen atoms in total. The number of nitrogens with one attached hydrogen (secondary N) is 2. The van der Waals surface area contributed by atoms with Gasteiger partial charge < -0.3 is 10.6 Å². The van der Waals surface area contributed by atoms with Gasteiger partial charge in [-0.2, -0.15) is 5.10 Å². The molecule has 0 atom stereocenters. The summed E-state index contributed by atoms with van der Waals surface area (Å²) in [6.45, 7) is 7.03. The summed E-state index contributed by atoms with van der Waals surface area (Å²) < 4.78 is 1.82. The van der Waals surface area contributed by atoms with E-state index in [1.165, 1.54) is 0 Å². The van der Waals surface area contributed by atoms with Gasteiger partial charge in [-0.3, -0.25) is 4.68 Å². The van der Waals surface area contributed by atoms with Crippen molar-refractivity contribution in [1.82, 2.24) is 19.7 Å².